The number of hydrogen-bond donors (Lipinski definition) is 3. The molecule has 0 aliphatic carbocycles. The van der Waals surface area contributed by atoms with E-state index in [1.807, 2.05) is 31.2 Å². The fourth-order valence-electron chi connectivity index (χ4n) is 2.12. The summed E-state index contributed by atoms with van der Waals surface area (Å²) >= 11 is 7.14. The molecule has 0 radical (unpaired) electrons. The lowest BCUT2D eigenvalue weighted by molar-refractivity contribution is -0.117. The zero-order chi connectivity index (χ0) is 17.0. The Kier molecular flexibility index (Phi) is 5.76. The molecule has 5 nitrogen and oxygen atoms in total. The standard InChI is InChI=1S/C16H18ClN3O2S/c1-9(11-3-5-12(17)6-4-11)19-10(2)15(22)20-16-13(14(18)21)7-8-23-16/h3-10,19H,1-2H3,(H2,18,21)(H,20,22). The van der Waals surface area contributed by atoms with Crippen LogP contribution in [0.4, 0.5) is 5.00 Å². The summed E-state index contributed by atoms with van der Waals surface area (Å²) in [6.45, 7) is 3.73. The van der Waals surface area contributed by atoms with Gasteiger partial charge in [0.05, 0.1) is 11.6 Å². The lowest BCUT2D eigenvalue weighted by Crippen LogP contribution is -2.39. The first-order valence-corrected chi connectivity index (χ1v) is 8.34. The van der Waals surface area contributed by atoms with E-state index >= 15 is 0 Å². The monoisotopic (exact) mass is 351 g/mol. The number of primary amides is 1. The van der Waals surface area contributed by atoms with E-state index in [0.29, 0.717) is 15.6 Å². The van der Waals surface area contributed by atoms with Crippen LogP contribution >= 0.6 is 22.9 Å². The van der Waals surface area contributed by atoms with Gasteiger partial charge in [0.25, 0.3) is 5.91 Å². The highest BCUT2D eigenvalue weighted by Crippen LogP contribution is 2.23. The van der Waals surface area contributed by atoms with Gasteiger partial charge in [-0.25, -0.2) is 0 Å². The van der Waals surface area contributed by atoms with E-state index in [9.17, 15) is 9.59 Å². The average Bonchev–Trinajstić information content (AvgIpc) is 2.96. The highest BCUT2D eigenvalue weighted by atomic mass is 35.5. The Morgan fingerprint density at radius 3 is 2.43 bits per heavy atom. The van der Waals surface area contributed by atoms with Crippen LogP contribution in [0.3, 0.4) is 0 Å². The highest BCUT2D eigenvalue weighted by Gasteiger charge is 2.19. The molecule has 23 heavy (non-hydrogen) atoms. The maximum atomic E-state index is 12.3. The molecule has 0 aliphatic heterocycles. The summed E-state index contributed by atoms with van der Waals surface area (Å²) in [6, 6.07) is 8.58. The summed E-state index contributed by atoms with van der Waals surface area (Å²) in [6.07, 6.45) is 0. The van der Waals surface area contributed by atoms with Gasteiger partial charge in [-0.15, -0.1) is 11.3 Å². The Labute approximate surface area is 143 Å². The molecule has 2 amide bonds. The second-order valence-electron chi connectivity index (χ2n) is 5.18. The van der Waals surface area contributed by atoms with Crippen LogP contribution in [-0.2, 0) is 4.79 Å². The zero-order valence-electron chi connectivity index (χ0n) is 12.8. The zero-order valence-corrected chi connectivity index (χ0v) is 14.4. The van der Waals surface area contributed by atoms with Crippen LogP contribution in [-0.4, -0.2) is 17.9 Å². The molecule has 2 rings (SSSR count). The molecule has 2 unspecified atom stereocenters. The quantitative estimate of drug-likeness (QED) is 0.747. The van der Waals surface area contributed by atoms with Crippen molar-refractivity contribution in [3.05, 3.63) is 51.9 Å². The van der Waals surface area contributed by atoms with Crippen LogP contribution < -0.4 is 16.4 Å². The topological polar surface area (TPSA) is 84.2 Å². The molecule has 1 aromatic heterocycles. The summed E-state index contributed by atoms with van der Waals surface area (Å²) in [4.78, 5) is 23.5. The summed E-state index contributed by atoms with van der Waals surface area (Å²) < 4.78 is 0. The third-order valence-corrected chi connectivity index (χ3v) is 4.51. The van der Waals surface area contributed by atoms with Crippen molar-refractivity contribution in [2.45, 2.75) is 25.9 Å². The molecule has 1 heterocycles. The number of halogens is 1. The molecule has 0 spiro atoms. The van der Waals surface area contributed by atoms with E-state index < -0.39 is 11.9 Å². The molecule has 1 aromatic carbocycles. The SMILES string of the molecule is CC(NC(C)c1ccc(Cl)cc1)C(=O)Nc1sccc1C(N)=O. The highest BCUT2D eigenvalue weighted by molar-refractivity contribution is 7.14. The summed E-state index contributed by atoms with van der Waals surface area (Å²) in [5.41, 5.74) is 6.62. The van der Waals surface area contributed by atoms with Gasteiger partial charge < -0.3 is 11.1 Å². The second kappa shape index (κ2) is 7.59. The minimum atomic E-state index is -0.559. The molecule has 0 bridgehead atoms. The maximum absolute atomic E-state index is 12.3. The number of rotatable bonds is 6. The number of amides is 2. The third-order valence-electron chi connectivity index (χ3n) is 3.43. The number of nitrogens with two attached hydrogens (primary N) is 1. The molecule has 2 aromatic rings. The van der Waals surface area contributed by atoms with Crippen LogP contribution in [0.1, 0.15) is 35.8 Å². The van der Waals surface area contributed by atoms with Gasteiger partial charge in [0.15, 0.2) is 0 Å². The van der Waals surface area contributed by atoms with E-state index in [1.165, 1.54) is 11.3 Å². The molecule has 0 saturated heterocycles. The van der Waals surface area contributed by atoms with Gasteiger partial charge in [-0.3, -0.25) is 14.9 Å². The number of anilines is 1. The lowest BCUT2D eigenvalue weighted by Gasteiger charge is -2.20. The third kappa shape index (κ3) is 4.54. The van der Waals surface area contributed by atoms with Gasteiger partial charge in [0, 0.05) is 11.1 Å². The molecule has 0 fully saturated rings. The van der Waals surface area contributed by atoms with E-state index in [0.717, 1.165) is 5.56 Å². The van der Waals surface area contributed by atoms with Gasteiger partial charge in [-0.2, -0.15) is 0 Å². The van der Waals surface area contributed by atoms with E-state index in [2.05, 4.69) is 10.6 Å². The first-order chi connectivity index (χ1) is 10.9. The molecule has 0 aliphatic rings. The van der Waals surface area contributed by atoms with Gasteiger partial charge in [-0.05, 0) is 43.0 Å². The van der Waals surface area contributed by atoms with Crippen molar-refractivity contribution >= 4 is 39.8 Å². The van der Waals surface area contributed by atoms with Crippen molar-refractivity contribution in [3.8, 4) is 0 Å². The van der Waals surface area contributed by atoms with Crippen molar-refractivity contribution in [1.82, 2.24) is 5.32 Å². The number of benzene rings is 1. The Morgan fingerprint density at radius 1 is 1.17 bits per heavy atom. The summed E-state index contributed by atoms with van der Waals surface area (Å²) in [5.74, 6) is -0.785. The summed E-state index contributed by atoms with van der Waals surface area (Å²) in [7, 11) is 0. The Hall–Kier alpha value is -1.89. The number of carbonyl (C=O) groups excluding carboxylic acids is 2. The Balaban J connectivity index is 1.98. The minimum absolute atomic E-state index is 0.0213. The Bertz CT molecular complexity index is 700. The number of carbonyl (C=O) groups is 2. The maximum Gasteiger partial charge on any atom is 0.251 e. The molecule has 122 valence electrons. The largest absolute Gasteiger partial charge is 0.366 e. The smallest absolute Gasteiger partial charge is 0.251 e. The first kappa shape index (κ1) is 17.5. The van der Waals surface area contributed by atoms with Crippen molar-refractivity contribution in [3.63, 3.8) is 0 Å². The molecular formula is C16H18ClN3O2S. The van der Waals surface area contributed by atoms with Crippen molar-refractivity contribution < 1.29 is 9.59 Å². The van der Waals surface area contributed by atoms with E-state index in [1.54, 1.807) is 18.4 Å². The van der Waals surface area contributed by atoms with Crippen LogP contribution in [0.2, 0.25) is 5.02 Å². The van der Waals surface area contributed by atoms with Crippen molar-refractivity contribution in [2.75, 3.05) is 5.32 Å². The average molecular weight is 352 g/mol. The van der Waals surface area contributed by atoms with E-state index in [4.69, 9.17) is 17.3 Å². The fourth-order valence-corrected chi connectivity index (χ4v) is 3.04. The van der Waals surface area contributed by atoms with Crippen molar-refractivity contribution in [2.24, 2.45) is 5.73 Å². The van der Waals surface area contributed by atoms with Gasteiger partial charge in [0.2, 0.25) is 5.91 Å². The second-order valence-corrected chi connectivity index (χ2v) is 6.53. The van der Waals surface area contributed by atoms with Gasteiger partial charge in [-0.1, -0.05) is 23.7 Å². The van der Waals surface area contributed by atoms with E-state index in [-0.39, 0.29) is 11.9 Å². The molecule has 0 saturated carbocycles. The van der Waals surface area contributed by atoms with Crippen LogP contribution in [0.25, 0.3) is 0 Å². The lowest BCUT2D eigenvalue weighted by atomic mass is 10.1. The molecule has 7 heteroatoms. The molecule has 2 atom stereocenters. The fraction of sp³-hybridized carbons (Fsp3) is 0.250. The van der Waals surface area contributed by atoms with Crippen LogP contribution in [0.5, 0.6) is 0 Å². The van der Waals surface area contributed by atoms with Crippen LogP contribution in [0, 0.1) is 0 Å². The van der Waals surface area contributed by atoms with Gasteiger partial charge >= 0.3 is 0 Å². The number of hydrogen-bond acceptors (Lipinski definition) is 4. The minimum Gasteiger partial charge on any atom is -0.366 e. The number of thiophene rings is 1. The summed E-state index contributed by atoms with van der Waals surface area (Å²) in [5, 5.41) is 8.79. The Morgan fingerprint density at radius 2 is 1.83 bits per heavy atom. The first-order valence-electron chi connectivity index (χ1n) is 7.08. The van der Waals surface area contributed by atoms with Crippen LogP contribution in [0.15, 0.2) is 35.7 Å². The number of nitrogens with one attached hydrogen (secondary N) is 2. The van der Waals surface area contributed by atoms with Crippen molar-refractivity contribution in [1.29, 1.82) is 0 Å². The molecular weight excluding hydrogens is 334 g/mol. The predicted molar refractivity (Wildman–Crippen MR) is 93.9 cm³/mol. The predicted octanol–water partition coefficient (Wildman–Crippen LogP) is 3.18. The molecule has 4 N–H and O–H groups in total. The normalized spacial score (nSPS) is 13.3. The van der Waals surface area contributed by atoms with Gasteiger partial charge in [0.1, 0.15) is 5.00 Å².